The van der Waals surface area contributed by atoms with Gasteiger partial charge in [-0.15, -0.1) is 0 Å². The zero-order valence-corrected chi connectivity index (χ0v) is 15.6. The number of hydrogen-bond acceptors (Lipinski definition) is 5. The molecule has 0 bridgehead atoms. The molecule has 0 fully saturated rings. The Morgan fingerprint density at radius 2 is 1.93 bits per heavy atom. The molecular formula is C20H15F3N6O. The minimum Gasteiger partial charge on any atom is -0.383 e. The number of nitrogens with two attached hydrogens (primary N) is 1. The highest BCUT2D eigenvalue weighted by molar-refractivity contribution is 5.87. The first-order valence-electron chi connectivity index (χ1n) is 8.78. The van der Waals surface area contributed by atoms with Crippen LogP contribution in [0, 0.1) is 0 Å². The third-order valence-corrected chi connectivity index (χ3v) is 4.34. The second kappa shape index (κ2) is 7.14. The van der Waals surface area contributed by atoms with E-state index in [1.165, 1.54) is 23.7 Å². The molecule has 30 heavy (non-hydrogen) atoms. The maximum Gasteiger partial charge on any atom is 0.416 e. The third-order valence-electron chi connectivity index (χ3n) is 4.34. The lowest BCUT2D eigenvalue weighted by atomic mass is 10.0. The molecule has 4 rings (SSSR count). The lowest BCUT2D eigenvalue weighted by Gasteiger charge is -2.11. The van der Waals surface area contributed by atoms with E-state index in [4.69, 9.17) is 5.73 Å². The number of pyridine rings is 1. The number of aromatic nitrogens is 4. The van der Waals surface area contributed by atoms with Crippen LogP contribution in [0.5, 0.6) is 0 Å². The second-order valence-corrected chi connectivity index (χ2v) is 6.56. The van der Waals surface area contributed by atoms with Crippen LogP contribution in [0.3, 0.4) is 0 Å². The SMILES string of the molecule is CC(=O)Nc1cn2nc(-c3cnc(N)c(-c4cccc(C(F)(F)F)c4)c3)ccc2n1. The van der Waals surface area contributed by atoms with Crippen LogP contribution in [0.25, 0.3) is 28.0 Å². The second-order valence-electron chi connectivity index (χ2n) is 6.56. The highest BCUT2D eigenvalue weighted by atomic mass is 19.4. The van der Waals surface area contributed by atoms with Crippen LogP contribution in [0.1, 0.15) is 12.5 Å². The minimum atomic E-state index is -4.46. The molecule has 0 radical (unpaired) electrons. The first kappa shape index (κ1) is 19.4. The van der Waals surface area contributed by atoms with Crippen molar-refractivity contribution in [3.05, 3.63) is 60.4 Å². The Labute approximate surface area is 168 Å². The number of alkyl halides is 3. The molecule has 152 valence electrons. The predicted molar refractivity (Wildman–Crippen MR) is 105 cm³/mol. The van der Waals surface area contributed by atoms with E-state index in [0.29, 0.717) is 33.8 Å². The average Bonchev–Trinajstić information content (AvgIpc) is 3.08. The molecule has 1 amide bonds. The summed E-state index contributed by atoms with van der Waals surface area (Å²) in [5.41, 5.74) is 7.42. The van der Waals surface area contributed by atoms with Gasteiger partial charge < -0.3 is 11.1 Å². The molecule has 0 aliphatic heterocycles. The molecular weight excluding hydrogens is 397 g/mol. The van der Waals surface area contributed by atoms with Gasteiger partial charge in [-0.1, -0.05) is 12.1 Å². The van der Waals surface area contributed by atoms with Gasteiger partial charge in [-0.2, -0.15) is 18.3 Å². The number of amides is 1. The standard InChI is InChI=1S/C20H15F3N6O/c1-11(30)26-17-10-29-18(27-17)6-5-16(28-29)13-8-15(19(24)25-9-13)12-3-2-4-14(7-12)20(21,22)23/h2-10H,1H3,(H2,24,25)(H,26,30). The first-order valence-corrected chi connectivity index (χ1v) is 8.78. The number of fused-ring (bicyclic) bond motifs is 1. The summed E-state index contributed by atoms with van der Waals surface area (Å²) in [6.45, 7) is 1.37. The fourth-order valence-electron chi connectivity index (χ4n) is 2.99. The highest BCUT2D eigenvalue weighted by Gasteiger charge is 2.30. The molecule has 0 atom stereocenters. The van der Waals surface area contributed by atoms with Gasteiger partial charge in [-0.3, -0.25) is 4.79 Å². The van der Waals surface area contributed by atoms with Crippen LogP contribution in [0.2, 0.25) is 0 Å². The van der Waals surface area contributed by atoms with E-state index in [-0.39, 0.29) is 11.7 Å². The van der Waals surface area contributed by atoms with Crippen molar-refractivity contribution in [3.63, 3.8) is 0 Å². The van der Waals surface area contributed by atoms with Crippen LogP contribution in [-0.4, -0.2) is 25.5 Å². The van der Waals surface area contributed by atoms with Crippen molar-refractivity contribution in [2.24, 2.45) is 0 Å². The lowest BCUT2D eigenvalue weighted by molar-refractivity contribution is -0.137. The molecule has 3 N–H and O–H groups in total. The monoisotopic (exact) mass is 412 g/mol. The van der Waals surface area contributed by atoms with E-state index in [1.54, 1.807) is 30.5 Å². The number of imidazole rings is 1. The fraction of sp³-hybridized carbons (Fsp3) is 0.100. The summed E-state index contributed by atoms with van der Waals surface area (Å²) >= 11 is 0. The average molecular weight is 412 g/mol. The fourth-order valence-corrected chi connectivity index (χ4v) is 2.99. The number of carbonyl (C=O) groups excluding carboxylic acids is 1. The first-order chi connectivity index (χ1) is 14.2. The zero-order valence-electron chi connectivity index (χ0n) is 15.6. The molecule has 0 unspecified atom stereocenters. The van der Waals surface area contributed by atoms with Gasteiger partial charge in [0.15, 0.2) is 11.5 Å². The zero-order chi connectivity index (χ0) is 21.5. The van der Waals surface area contributed by atoms with Gasteiger partial charge in [0.05, 0.1) is 17.5 Å². The third kappa shape index (κ3) is 3.79. The van der Waals surface area contributed by atoms with Gasteiger partial charge in [0.1, 0.15) is 5.82 Å². The van der Waals surface area contributed by atoms with Crippen molar-refractivity contribution >= 4 is 23.2 Å². The summed E-state index contributed by atoms with van der Waals surface area (Å²) < 4.78 is 40.7. The number of nitrogens with one attached hydrogen (secondary N) is 1. The van der Waals surface area contributed by atoms with Gasteiger partial charge in [0.2, 0.25) is 5.91 Å². The largest absolute Gasteiger partial charge is 0.416 e. The summed E-state index contributed by atoms with van der Waals surface area (Å²) in [5, 5.41) is 7.01. The normalized spacial score (nSPS) is 11.6. The number of benzene rings is 1. The summed E-state index contributed by atoms with van der Waals surface area (Å²) in [4.78, 5) is 19.5. The Hall–Kier alpha value is -3.95. The highest BCUT2D eigenvalue weighted by Crippen LogP contribution is 2.34. The van der Waals surface area contributed by atoms with Crippen molar-refractivity contribution in [1.29, 1.82) is 0 Å². The quantitative estimate of drug-likeness (QED) is 0.530. The molecule has 0 saturated heterocycles. The molecule has 7 nitrogen and oxygen atoms in total. The number of nitrogen functional groups attached to an aromatic ring is 1. The molecule has 3 aromatic heterocycles. The number of nitrogens with zero attached hydrogens (tertiary/aromatic N) is 4. The Morgan fingerprint density at radius 1 is 1.13 bits per heavy atom. The van der Waals surface area contributed by atoms with Gasteiger partial charge in [-0.05, 0) is 35.9 Å². The predicted octanol–water partition coefficient (Wildman–Crippen LogP) is 4.02. The number of hydrogen-bond donors (Lipinski definition) is 2. The van der Waals surface area contributed by atoms with Crippen molar-refractivity contribution in [2.75, 3.05) is 11.1 Å². The summed E-state index contributed by atoms with van der Waals surface area (Å²) in [7, 11) is 0. The number of halogens is 3. The Kier molecular flexibility index (Phi) is 4.61. The van der Waals surface area contributed by atoms with E-state index in [9.17, 15) is 18.0 Å². The van der Waals surface area contributed by atoms with Crippen molar-refractivity contribution in [2.45, 2.75) is 13.1 Å². The van der Waals surface area contributed by atoms with Crippen molar-refractivity contribution in [3.8, 4) is 22.4 Å². The molecule has 0 aliphatic rings. The molecule has 0 saturated carbocycles. The van der Waals surface area contributed by atoms with Crippen LogP contribution < -0.4 is 11.1 Å². The van der Waals surface area contributed by atoms with Gasteiger partial charge in [0.25, 0.3) is 0 Å². The smallest absolute Gasteiger partial charge is 0.383 e. The Morgan fingerprint density at radius 3 is 2.67 bits per heavy atom. The number of anilines is 2. The molecule has 10 heteroatoms. The maximum absolute atomic E-state index is 13.1. The Bertz CT molecular complexity index is 1270. The Balaban J connectivity index is 1.75. The number of rotatable bonds is 3. The molecule has 0 aliphatic carbocycles. The van der Waals surface area contributed by atoms with E-state index < -0.39 is 11.7 Å². The number of carbonyl (C=O) groups is 1. The van der Waals surface area contributed by atoms with E-state index in [1.807, 2.05) is 0 Å². The van der Waals surface area contributed by atoms with Crippen LogP contribution in [-0.2, 0) is 11.0 Å². The van der Waals surface area contributed by atoms with Crippen LogP contribution in [0.15, 0.2) is 54.9 Å². The van der Waals surface area contributed by atoms with Crippen LogP contribution >= 0.6 is 0 Å². The summed E-state index contributed by atoms with van der Waals surface area (Å²) in [5.74, 6) is 0.203. The topological polar surface area (TPSA) is 98.2 Å². The van der Waals surface area contributed by atoms with E-state index in [2.05, 4.69) is 20.4 Å². The lowest BCUT2D eigenvalue weighted by Crippen LogP contribution is -2.05. The van der Waals surface area contributed by atoms with Crippen LogP contribution in [0.4, 0.5) is 24.8 Å². The van der Waals surface area contributed by atoms with E-state index in [0.717, 1.165) is 12.1 Å². The minimum absolute atomic E-state index is 0.106. The van der Waals surface area contributed by atoms with Crippen molar-refractivity contribution < 1.29 is 18.0 Å². The van der Waals surface area contributed by atoms with Crippen molar-refractivity contribution in [1.82, 2.24) is 19.6 Å². The molecule has 1 aromatic carbocycles. The molecule has 4 aromatic rings. The maximum atomic E-state index is 13.1. The van der Waals surface area contributed by atoms with Gasteiger partial charge >= 0.3 is 6.18 Å². The summed E-state index contributed by atoms with van der Waals surface area (Å²) in [6, 6.07) is 9.93. The van der Waals surface area contributed by atoms with E-state index >= 15 is 0 Å². The van der Waals surface area contributed by atoms with Gasteiger partial charge in [0, 0.05) is 24.2 Å². The summed E-state index contributed by atoms with van der Waals surface area (Å²) in [6.07, 6.45) is -1.42. The molecule has 3 heterocycles. The molecule has 0 spiro atoms. The van der Waals surface area contributed by atoms with Gasteiger partial charge in [-0.25, -0.2) is 14.5 Å².